The number of anilines is 1. The molecule has 0 atom stereocenters. The Balaban J connectivity index is 1.64. The first kappa shape index (κ1) is 19.3. The van der Waals surface area contributed by atoms with E-state index in [1.165, 1.54) is 35.2 Å². The second-order valence-electron chi connectivity index (χ2n) is 4.98. The lowest BCUT2D eigenvalue weighted by atomic mass is 10.3. The highest BCUT2D eigenvalue weighted by molar-refractivity contribution is 8.01. The van der Waals surface area contributed by atoms with E-state index in [2.05, 4.69) is 10.4 Å². The summed E-state index contributed by atoms with van der Waals surface area (Å²) in [6.45, 7) is 0. The molecule has 10 heteroatoms. The molecule has 0 bridgehead atoms. The van der Waals surface area contributed by atoms with E-state index < -0.39 is 5.82 Å². The van der Waals surface area contributed by atoms with Crippen LogP contribution < -0.4 is 5.32 Å². The van der Waals surface area contributed by atoms with Gasteiger partial charge in [-0.3, -0.25) is 4.79 Å². The van der Waals surface area contributed by atoms with Crippen LogP contribution in [-0.4, -0.2) is 21.4 Å². The number of carbonyl (C=O) groups is 1. The Kier molecular flexibility index (Phi) is 6.31. The number of amides is 1. The molecule has 0 unspecified atom stereocenters. The van der Waals surface area contributed by atoms with Crippen LogP contribution in [0, 0.1) is 9.77 Å². The van der Waals surface area contributed by atoms with Gasteiger partial charge in [-0.05, 0) is 54.7 Å². The molecule has 0 aliphatic heterocycles. The van der Waals surface area contributed by atoms with Gasteiger partial charge in [0.2, 0.25) is 5.91 Å². The maximum absolute atomic E-state index is 13.7. The molecule has 3 rings (SSSR count). The van der Waals surface area contributed by atoms with Gasteiger partial charge in [0, 0.05) is 10.0 Å². The zero-order chi connectivity index (χ0) is 18.7. The van der Waals surface area contributed by atoms with Crippen LogP contribution in [0.4, 0.5) is 10.1 Å². The van der Waals surface area contributed by atoms with Crippen LogP contribution in [0.2, 0.25) is 10.0 Å². The summed E-state index contributed by atoms with van der Waals surface area (Å²) >= 11 is 19.4. The van der Waals surface area contributed by atoms with Crippen LogP contribution in [0.3, 0.4) is 0 Å². The number of aromatic nitrogens is 2. The van der Waals surface area contributed by atoms with Crippen LogP contribution >= 0.6 is 58.5 Å². The Morgan fingerprint density at radius 3 is 2.62 bits per heavy atom. The quantitative estimate of drug-likeness (QED) is 0.395. The van der Waals surface area contributed by atoms with Crippen molar-refractivity contribution in [3.63, 3.8) is 0 Å². The van der Waals surface area contributed by atoms with E-state index in [4.69, 9.17) is 35.4 Å². The van der Waals surface area contributed by atoms with Crippen LogP contribution in [0.5, 0.6) is 0 Å². The summed E-state index contributed by atoms with van der Waals surface area (Å²) < 4.78 is 16.5. The molecule has 1 amide bonds. The second kappa shape index (κ2) is 8.49. The minimum Gasteiger partial charge on any atom is -0.323 e. The highest BCUT2D eigenvalue weighted by atomic mass is 35.5. The summed E-state index contributed by atoms with van der Waals surface area (Å²) in [7, 11) is 0. The summed E-state index contributed by atoms with van der Waals surface area (Å²) in [5, 5.41) is 7.79. The van der Waals surface area contributed by atoms with E-state index in [-0.39, 0.29) is 22.4 Å². The lowest BCUT2D eigenvalue weighted by molar-refractivity contribution is -0.113. The summed E-state index contributed by atoms with van der Waals surface area (Å²) in [6.07, 6.45) is 0. The standard InChI is InChI=1S/C16H10Cl2FN3OS3/c17-9-1-4-11(5-2-9)22-16(24)26-15(21-22)25-8-14(23)20-13-6-3-10(18)7-12(13)19/h1-7H,8H2,(H,20,23). The van der Waals surface area contributed by atoms with Crippen LogP contribution in [-0.2, 0) is 4.79 Å². The van der Waals surface area contributed by atoms with E-state index in [1.54, 1.807) is 16.8 Å². The topological polar surface area (TPSA) is 46.9 Å². The van der Waals surface area contributed by atoms with Gasteiger partial charge in [0.05, 0.1) is 17.1 Å². The van der Waals surface area contributed by atoms with Gasteiger partial charge in [-0.25, -0.2) is 9.07 Å². The number of halogens is 3. The predicted molar refractivity (Wildman–Crippen MR) is 108 cm³/mol. The highest BCUT2D eigenvalue weighted by Crippen LogP contribution is 2.25. The summed E-state index contributed by atoms with van der Waals surface area (Å²) in [6, 6.07) is 11.2. The van der Waals surface area contributed by atoms with E-state index in [0.717, 1.165) is 11.8 Å². The molecule has 0 radical (unpaired) electrons. The summed E-state index contributed by atoms with van der Waals surface area (Å²) in [5.74, 6) is -0.862. The predicted octanol–water partition coefficient (Wildman–Crippen LogP) is 5.84. The molecule has 1 heterocycles. The summed E-state index contributed by atoms with van der Waals surface area (Å²) in [4.78, 5) is 12.0. The van der Waals surface area contributed by atoms with Crippen molar-refractivity contribution in [2.45, 2.75) is 4.34 Å². The molecule has 0 fully saturated rings. The molecular weight excluding hydrogens is 436 g/mol. The molecule has 1 N–H and O–H groups in total. The van der Waals surface area contributed by atoms with Crippen molar-refractivity contribution in [2.75, 3.05) is 11.1 Å². The number of hydrogen-bond donors (Lipinski definition) is 1. The fraction of sp³-hybridized carbons (Fsp3) is 0.0625. The second-order valence-corrected chi connectivity index (χ2v) is 8.70. The first-order chi connectivity index (χ1) is 12.4. The van der Waals surface area contributed by atoms with Crippen molar-refractivity contribution < 1.29 is 9.18 Å². The Bertz CT molecular complexity index is 1000. The normalized spacial score (nSPS) is 10.7. The van der Waals surface area contributed by atoms with Gasteiger partial charge in [-0.15, -0.1) is 5.10 Å². The van der Waals surface area contributed by atoms with Crippen molar-refractivity contribution in [3.05, 3.63) is 62.3 Å². The molecule has 1 aromatic heterocycles. The first-order valence-corrected chi connectivity index (χ1v) is 10.1. The zero-order valence-electron chi connectivity index (χ0n) is 12.9. The average molecular weight is 446 g/mol. The third-order valence-corrected chi connectivity index (χ3v) is 5.98. The maximum atomic E-state index is 13.7. The maximum Gasteiger partial charge on any atom is 0.234 e. The summed E-state index contributed by atoms with van der Waals surface area (Å²) in [5.41, 5.74) is 0.870. The van der Waals surface area contributed by atoms with Crippen LogP contribution in [0.1, 0.15) is 0 Å². The van der Waals surface area contributed by atoms with Gasteiger partial charge in [-0.2, -0.15) is 0 Å². The minimum atomic E-state index is -0.585. The number of nitrogens with one attached hydrogen (secondary N) is 1. The monoisotopic (exact) mass is 445 g/mol. The third kappa shape index (κ3) is 4.83. The number of rotatable bonds is 5. The lowest BCUT2D eigenvalue weighted by Gasteiger charge is -2.05. The highest BCUT2D eigenvalue weighted by Gasteiger charge is 2.11. The van der Waals surface area contributed by atoms with Crippen molar-refractivity contribution >= 4 is 70.1 Å². The van der Waals surface area contributed by atoms with Crippen LogP contribution in [0.25, 0.3) is 5.69 Å². The molecule has 0 saturated heterocycles. The smallest absolute Gasteiger partial charge is 0.234 e. The molecule has 0 spiro atoms. The molecule has 0 saturated carbocycles. The van der Waals surface area contributed by atoms with E-state index in [1.807, 2.05) is 12.1 Å². The Labute approximate surface area is 171 Å². The van der Waals surface area contributed by atoms with Crippen molar-refractivity contribution in [2.24, 2.45) is 0 Å². The number of hydrogen-bond acceptors (Lipinski definition) is 5. The van der Waals surface area contributed by atoms with E-state index in [0.29, 0.717) is 13.3 Å². The van der Waals surface area contributed by atoms with Crippen molar-refractivity contribution in [3.8, 4) is 5.69 Å². The van der Waals surface area contributed by atoms with Crippen molar-refractivity contribution in [1.82, 2.24) is 9.78 Å². The molecular formula is C16H10Cl2FN3OS3. The minimum absolute atomic E-state index is 0.0744. The van der Waals surface area contributed by atoms with E-state index >= 15 is 0 Å². The molecule has 4 nitrogen and oxygen atoms in total. The Morgan fingerprint density at radius 2 is 1.92 bits per heavy atom. The molecule has 2 aromatic carbocycles. The Morgan fingerprint density at radius 1 is 1.23 bits per heavy atom. The van der Waals surface area contributed by atoms with Gasteiger partial charge in [0.1, 0.15) is 5.82 Å². The number of benzene rings is 2. The largest absolute Gasteiger partial charge is 0.323 e. The fourth-order valence-electron chi connectivity index (χ4n) is 1.97. The fourth-order valence-corrected chi connectivity index (χ4v) is 4.42. The van der Waals surface area contributed by atoms with Gasteiger partial charge in [0.15, 0.2) is 8.29 Å². The van der Waals surface area contributed by atoms with Crippen molar-refractivity contribution in [1.29, 1.82) is 0 Å². The third-order valence-electron chi connectivity index (χ3n) is 3.13. The lowest BCUT2D eigenvalue weighted by Crippen LogP contribution is -2.15. The average Bonchev–Trinajstić information content (AvgIpc) is 2.97. The number of carbonyl (C=O) groups excluding carboxylic acids is 1. The van der Waals surface area contributed by atoms with Gasteiger partial charge < -0.3 is 5.32 Å². The first-order valence-electron chi connectivity index (χ1n) is 7.16. The van der Waals surface area contributed by atoms with Crippen LogP contribution in [0.15, 0.2) is 46.8 Å². The van der Waals surface area contributed by atoms with Gasteiger partial charge >= 0.3 is 0 Å². The Hall–Kier alpha value is -1.45. The zero-order valence-corrected chi connectivity index (χ0v) is 16.9. The molecule has 0 aliphatic carbocycles. The molecule has 134 valence electrons. The van der Waals surface area contributed by atoms with Gasteiger partial charge in [-0.1, -0.05) is 46.3 Å². The molecule has 3 aromatic rings. The van der Waals surface area contributed by atoms with E-state index in [9.17, 15) is 9.18 Å². The molecule has 26 heavy (non-hydrogen) atoms. The SMILES string of the molecule is O=C(CSc1nn(-c2ccc(Cl)cc2)c(=S)s1)Nc1ccc(Cl)cc1F. The molecule has 0 aliphatic rings. The van der Waals surface area contributed by atoms with Gasteiger partial charge in [0.25, 0.3) is 0 Å². The number of nitrogens with zero attached hydrogens (tertiary/aromatic N) is 2. The number of thioether (sulfide) groups is 1.